The van der Waals surface area contributed by atoms with Gasteiger partial charge in [0.25, 0.3) is 5.56 Å². The summed E-state index contributed by atoms with van der Waals surface area (Å²) < 4.78 is 6.59. The van der Waals surface area contributed by atoms with E-state index in [1.54, 1.807) is 0 Å². The first kappa shape index (κ1) is 22.0. The van der Waals surface area contributed by atoms with E-state index < -0.39 is 11.2 Å². The van der Waals surface area contributed by atoms with Gasteiger partial charge < -0.3 is 15.4 Å². The van der Waals surface area contributed by atoms with Crippen molar-refractivity contribution in [2.45, 2.75) is 54.0 Å². The van der Waals surface area contributed by atoms with Crippen LogP contribution in [0.25, 0.3) is 0 Å². The van der Waals surface area contributed by atoms with Crippen LogP contribution in [-0.2, 0) is 16.1 Å². The van der Waals surface area contributed by atoms with Gasteiger partial charge in [-0.25, -0.2) is 4.79 Å². The molecule has 0 saturated heterocycles. The van der Waals surface area contributed by atoms with E-state index in [0.29, 0.717) is 32.7 Å². The number of rotatable bonds is 10. The minimum Gasteiger partial charge on any atom is -0.383 e. The first-order chi connectivity index (χ1) is 12.2. The quantitative estimate of drug-likeness (QED) is 0.609. The molecule has 1 rings (SSSR count). The standard InChI is InChI=1S/C18H32N4O4/c1-6-26-9-7-8-14(23)21(10-12(2)3)15-16(19)22(11-13(4)5)18(25)20-17(15)24/h12-13H,6-11,19H2,1-5H3,(H,20,24,25). The zero-order valence-corrected chi connectivity index (χ0v) is 16.5. The molecular weight excluding hydrogens is 336 g/mol. The molecule has 0 aliphatic carbocycles. The highest BCUT2D eigenvalue weighted by molar-refractivity contribution is 5.95. The number of H-pyrrole nitrogens is 1. The van der Waals surface area contributed by atoms with Crippen LogP contribution in [0.2, 0.25) is 0 Å². The van der Waals surface area contributed by atoms with Crippen molar-refractivity contribution < 1.29 is 9.53 Å². The Bertz CT molecular complexity index is 706. The SMILES string of the molecule is CCOCCCC(=O)N(CC(C)C)c1c(N)n(CC(C)C)c(=O)[nH]c1=O. The number of amides is 1. The summed E-state index contributed by atoms with van der Waals surface area (Å²) in [6.45, 7) is 11.5. The number of aromatic amines is 1. The Morgan fingerprint density at radius 3 is 2.42 bits per heavy atom. The van der Waals surface area contributed by atoms with Gasteiger partial charge in [0.2, 0.25) is 5.91 Å². The minimum atomic E-state index is -0.633. The highest BCUT2D eigenvalue weighted by Gasteiger charge is 2.24. The molecule has 0 bridgehead atoms. The number of carbonyl (C=O) groups excluding carboxylic acids is 1. The predicted octanol–water partition coefficient (Wildman–Crippen LogP) is 1.58. The Kier molecular flexibility index (Phi) is 8.57. The van der Waals surface area contributed by atoms with Gasteiger partial charge in [-0.05, 0) is 25.2 Å². The number of aromatic nitrogens is 2. The van der Waals surface area contributed by atoms with Gasteiger partial charge in [0.1, 0.15) is 5.82 Å². The summed E-state index contributed by atoms with van der Waals surface area (Å²) in [6.07, 6.45) is 0.805. The van der Waals surface area contributed by atoms with Gasteiger partial charge in [-0.1, -0.05) is 27.7 Å². The summed E-state index contributed by atoms with van der Waals surface area (Å²) in [6, 6.07) is 0. The molecule has 0 saturated carbocycles. The lowest BCUT2D eigenvalue weighted by atomic mass is 10.1. The molecule has 1 aromatic rings. The van der Waals surface area contributed by atoms with Crippen LogP contribution in [0, 0.1) is 11.8 Å². The molecule has 0 aromatic carbocycles. The zero-order chi connectivity index (χ0) is 19.9. The van der Waals surface area contributed by atoms with Crippen molar-refractivity contribution in [1.82, 2.24) is 9.55 Å². The van der Waals surface area contributed by atoms with Crippen molar-refractivity contribution >= 4 is 17.4 Å². The second kappa shape index (κ2) is 10.2. The highest BCUT2D eigenvalue weighted by atomic mass is 16.5. The Morgan fingerprint density at radius 2 is 1.88 bits per heavy atom. The van der Waals surface area contributed by atoms with Gasteiger partial charge in [-0.3, -0.25) is 19.1 Å². The zero-order valence-electron chi connectivity index (χ0n) is 16.5. The molecule has 8 nitrogen and oxygen atoms in total. The monoisotopic (exact) mass is 368 g/mol. The summed E-state index contributed by atoms with van der Waals surface area (Å²) in [4.78, 5) is 41.0. The van der Waals surface area contributed by atoms with Gasteiger partial charge in [-0.15, -0.1) is 0 Å². The summed E-state index contributed by atoms with van der Waals surface area (Å²) in [5, 5.41) is 0. The molecule has 0 spiro atoms. The van der Waals surface area contributed by atoms with E-state index in [-0.39, 0.29) is 35.7 Å². The fraction of sp³-hybridized carbons (Fsp3) is 0.722. The maximum absolute atomic E-state index is 12.7. The lowest BCUT2D eigenvalue weighted by Gasteiger charge is -2.26. The van der Waals surface area contributed by atoms with Crippen LogP contribution in [-0.4, -0.2) is 35.2 Å². The van der Waals surface area contributed by atoms with E-state index in [1.807, 2.05) is 34.6 Å². The van der Waals surface area contributed by atoms with Crippen molar-refractivity contribution in [3.05, 3.63) is 20.8 Å². The molecule has 0 unspecified atom stereocenters. The van der Waals surface area contributed by atoms with Gasteiger partial charge in [0.05, 0.1) is 0 Å². The second-order valence-electron chi connectivity index (χ2n) is 7.20. The number of nitrogens with one attached hydrogen (secondary N) is 1. The average Bonchev–Trinajstić information content (AvgIpc) is 2.53. The Morgan fingerprint density at radius 1 is 1.23 bits per heavy atom. The number of hydrogen-bond donors (Lipinski definition) is 2. The third-order valence-corrected chi connectivity index (χ3v) is 3.76. The maximum atomic E-state index is 12.7. The molecule has 0 atom stereocenters. The third kappa shape index (κ3) is 6.01. The first-order valence-corrected chi connectivity index (χ1v) is 9.19. The number of nitrogens with zero attached hydrogens (tertiary/aromatic N) is 2. The van der Waals surface area contributed by atoms with Crippen molar-refractivity contribution in [2.75, 3.05) is 30.4 Å². The summed E-state index contributed by atoms with van der Waals surface area (Å²) >= 11 is 0. The molecule has 0 aliphatic heterocycles. The van der Waals surface area contributed by atoms with Crippen LogP contribution in [0.1, 0.15) is 47.5 Å². The van der Waals surface area contributed by atoms with Gasteiger partial charge in [0, 0.05) is 32.7 Å². The van der Waals surface area contributed by atoms with Crippen LogP contribution < -0.4 is 21.9 Å². The van der Waals surface area contributed by atoms with Crippen molar-refractivity contribution in [1.29, 1.82) is 0 Å². The number of hydrogen-bond acceptors (Lipinski definition) is 5. The predicted molar refractivity (Wildman–Crippen MR) is 103 cm³/mol. The molecule has 1 amide bonds. The van der Waals surface area contributed by atoms with Crippen molar-refractivity contribution in [2.24, 2.45) is 11.8 Å². The normalized spacial score (nSPS) is 11.3. The molecular formula is C18H32N4O4. The number of anilines is 2. The molecule has 1 aromatic heterocycles. The van der Waals surface area contributed by atoms with Gasteiger partial charge >= 0.3 is 5.69 Å². The highest BCUT2D eigenvalue weighted by Crippen LogP contribution is 2.20. The molecule has 1 heterocycles. The Hall–Kier alpha value is -2.09. The first-order valence-electron chi connectivity index (χ1n) is 9.19. The molecule has 0 radical (unpaired) electrons. The van der Waals surface area contributed by atoms with Crippen LogP contribution in [0.5, 0.6) is 0 Å². The molecule has 0 fully saturated rings. The molecule has 148 valence electrons. The fourth-order valence-electron chi connectivity index (χ4n) is 2.67. The number of carbonyl (C=O) groups is 1. The number of nitrogens with two attached hydrogens (primary N) is 1. The van der Waals surface area contributed by atoms with E-state index in [4.69, 9.17) is 10.5 Å². The van der Waals surface area contributed by atoms with E-state index in [0.717, 1.165) is 0 Å². The van der Waals surface area contributed by atoms with Gasteiger partial charge in [-0.2, -0.15) is 0 Å². The average molecular weight is 368 g/mol. The molecule has 0 aliphatic rings. The summed E-state index contributed by atoms with van der Waals surface area (Å²) in [7, 11) is 0. The second-order valence-corrected chi connectivity index (χ2v) is 7.20. The number of ether oxygens (including phenoxy) is 1. The van der Waals surface area contributed by atoms with Crippen LogP contribution in [0.3, 0.4) is 0 Å². The summed E-state index contributed by atoms with van der Waals surface area (Å²) in [5.74, 6) is 0.126. The van der Waals surface area contributed by atoms with Gasteiger partial charge in [0.15, 0.2) is 5.69 Å². The van der Waals surface area contributed by atoms with E-state index in [1.165, 1.54) is 9.47 Å². The smallest absolute Gasteiger partial charge is 0.330 e. The topological polar surface area (TPSA) is 110 Å². The largest absolute Gasteiger partial charge is 0.383 e. The maximum Gasteiger partial charge on any atom is 0.330 e. The Labute approximate surface area is 154 Å². The van der Waals surface area contributed by atoms with Crippen LogP contribution in [0.4, 0.5) is 11.5 Å². The summed E-state index contributed by atoms with van der Waals surface area (Å²) in [5.41, 5.74) is 5.01. The van der Waals surface area contributed by atoms with E-state index in [2.05, 4.69) is 4.98 Å². The third-order valence-electron chi connectivity index (χ3n) is 3.76. The minimum absolute atomic E-state index is 0.0336. The van der Waals surface area contributed by atoms with Crippen molar-refractivity contribution in [3.63, 3.8) is 0 Å². The molecule has 26 heavy (non-hydrogen) atoms. The van der Waals surface area contributed by atoms with E-state index >= 15 is 0 Å². The lowest BCUT2D eigenvalue weighted by Crippen LogP contribution is -2.43. The van der Waals surface area contributed by atoms with Crippen LogP contribution in [0.15, 0.2) is 9.59 Å². The Balaban J connectivity index is 3.27. The lowest BCUT2D eigenvalue weighted by molar-refractivity contribution is -0.119. The fourth-order valence-corrected chi connectivity index (χ4v) is 2.67. The van der Waals surface area contributed by atoms with Crippen molar-refractivity contribution in [3.8, 4) is 0 Å². The van der Waals surface area contributed by atoms with E-state index in [9.17, 15) is 14.4 Å². The molecule has 3 N–H and O–H groups in total. The van der Waals surface area contributed by atoms with Crippen LogP contribution >= 0.6 is 0 Å². The molecule has 8 heteroatoms. The number of nitrogen functional groups attached to an aromatic ring is 1.